The van der Waals surface area contributed by atoms with Gasteiger partial charge in [0.05, 0.1) is 13.7 Å². The normalized spacial score (nSPS) is 10.6. The van der Waals surface area contributed by atoms with Crippen molar-refractivity contribution in [3.63, 3.8) is 0 Å². The second-order valence-corrected chi connectivity index (χ2v) is 5.46. The van der Waals surface area contributed by atoms with Crippen LogP contribution in [0.15, 0.2) is 53.5 Å². The number of nitrogens with zero attached hydrogens (tertiary/aromatic N) is 1. The van der Waals surface area contributed by atoms with E-state index in [2.05, 4.69) is 15.6 Å². The summed E-state index contributed by atoms with van der Waals surface area (Å²) in [5.41, 5.74) is 7.86. The fourth-order valence-electron chi connectivity index (χ4n) is 2.26. The molecule has 0 aromatic heterocycles. The first-order valence-electron chi connectivity index (χ1n) is 8.16. The van der Waals surface area contributed by atoms with E-state index in [1.165, 1.54) is 0 Å². The van der Waals surface area contributed by atoms with Crippen LogP contribution >= 0.6 is 24.0 Å². The highest BCUT2D eigenvalue weighted by Gasteiger charge is 2.02. The Morgan fingerprint density at radius 1 is 1.12 bits per heavy atom. The van der Waals surface area contributed by atoms with Crippen LogP contribution < -0.4 is 21.1 Å². The van der Waals surface area contributed by atoms with Gasteiger partial charge in [0, 0.05) is 18.7 Å². The van der Waals surface area contributed by atoms with Gasteiger partial charge in [-0.05, 0) is 42.3 Å². The predicted molar refractivity (Wildman–Crippen MR) is 115 cm³/mol. The summed E-state index contributed by atoms with van der Waals surface area (Å²) in [7, 11) is 1.65. The monoisotopic (exact) mass is 468 g/mol. The molecule has 2 aromatic carbocycles. The standard InChI is InChI=1S/C19H24N4O2.HI/c1-3-21-19(22-12-14-7-9-17(25-2)10-8-14)23-13-15-5-4-6-16(11-15)18(20)24;/h4-11H,3,12-13H2,1-2H3,(H2,20,24)(H2,21,22,23);1H. The molecule has 0 heterocycles. The molecule has 0 aliphatic rings. The Balaban J connectivity index is 0.00000338. The number of hydrogen-bond acceptors (Lipinski definition) is 3. The molecule has 0 radical (unpaired) electrons. The zero-order valence-corrected chi connectivity index (χ0v) is 17.3. The lowest BCUT2D eigenvalue weighted by Gasteiger charge is -2.12. The smallest absolute Gasteiger partial charge is 0.248 e. The number of methoxy groups -OCH3 is 1. The molecule has 0 aliphatic carbocycles. The number of hydrogen-bond donors (Lipinski definition) is 3. The van der Waals surface area contributed by atoms with Crippen molar-refractivity contribution in [3.8, 4) is 5.75 Å². The van der Waals surface area contributed by atoms with Crippen LogP contribution in [0.2, 0.25) is 0 Å². The quantitative estimate of drug-likeness (QED) is 0.331. The molecule has 4 N–H and O–H groups in total. The molecule has 1 amide bonds. The Morgan fingerprint density at radius 2 is 1.85 bits per heavy atom. The molecule has 2 aromatic rings. The molecule has 26 heavy (non-hydrogen) atoms. The van der Waals surface area contributed by atoms with E-state index in [9.17, 15) is 4.79 Å². The first-order chi connectivity index (χ1) is 12.1. The number of benzene rings is 2. The molecule has 0 bridgehead atoms. The number of amides is 1. The maximum Gasteiger partial charge on any atom is 0.248 e. The van der Waals surface area contributed by atoms with E-state index in [4.69, 9.17) is 10.5 Å². The number of rotatable bonds is 7. The first kappa shape index (κ1) is 21.8. The van der Waals surface area contributed by atoms with E-state index in [0.29, 0.717) is 24.6 Å². The summed E-state index contributed by atoms with van der Waals surface area (Å²) in [5, 5.41) is 6.49. The lowest BCUT2D eigenvalue weighted by atomic mass is 10.1. The number of halogens is 1. The maximum atomic E-state index is 11.3. The maximum absolute atomic E-state index is 11.3. The fraction of sp³-hybridized carbons (Fsp3) is 0.263. The van der Waals surface area contributed by atoms with Gasteiger partial charge in [-0.15, -0.1) is 24.0 Å². The van der Waals surface area contributed by atoms with Crippen LogP contribution in [-0.2, 0) is 13.1 Å². The van der Waals surface area contributed by atoms with Gasteiger partial charge < -0.3 is 21.1 Å². The van der Waals surface area contributed by atoms with E-state index < -0.39 is 5.91 Å². The van der Waals surface area contributed by atoms with Gasteiger partial charge in [-0.1, -0.05) is 24.3 Å². The van der Waals surface area contributed by atoms with Crippen molar-refractivity contribution < 1.29 is 9.53 Å². The third-order valence-electron chi connectivity index (χ3n) is 3.59. The van der Waals surface area contributed by atoms with Crippen molar-refractivity contribution in [3.05, 3.63) is 65.2 Å². The average molecular weight is 468 g/mol. The summed E-state index contributed by atoms with van der Waals surface area (Å²) >= 11 is 0. The zero-order valence-electron chi connectivity index (χ0n) is 15.0. The van der Waals surface area contributed by atoms with Crippen LogP contribution in [-0.4, -0.2) is 25.5 Å². The molecule has 0 fully saturated rings. The first-order valence-corrected chi connectivity index (χ1v) is 8.16. The third kappa shape index (κ3) is 6.91. The molecule has 140 valence electrons. The van der Waals surface area contributed by atoms with Gasteiger partial charge >= 0.3 is 0 Å². The van der Waals surface area contributed by atoms with Crippen LogP contribution in [0, 0.1) is 0 Å². The van der Waals surface area contributed by atoms with Crippen LogP contribution in [0.1, 0.15) is 28.4 Å². The van der Waals surface area contributed by atoms with Crippen molar-refractivity contribution in [2.45, 2.75) is 20.0 Å². The van der Waals surface area contributed by atoms with E-state index in [1.54, 1.807) is 19.2 Å². The van der Waals surface area contributed by atoms with Gasteiger partial charge in [0.2, 0.25) is 5.91 Å². The molecule has 2 rings (SSSR count). The van der Waals surface area contributed by atoms with E-state index >= 15 is 0 Å². The number of ether oxygens (including phenoxy) is 1. The van der Waals surface area contributed by atoms with Gasteiger partial charge in [-0.25, -0.2) is 4.99 Å². The van der Waals surface area contributed by atoms with Gasteiger partial charge in [0.25, 0.3) is 0 Å². The lowest BCUT2D eigenvalue weighted by molar-refractivity contribution is 0.1000. The average Bonchev–Trinajstić information content (AvgIpc) is 2.64. The van der Waals surface area contributed by atoms with Crippen LogP contribution in [0.4, 0.5) is 0 Å². The van der Waals surface area contributed by atoms with Crippen LogP contribution in [0.3, 0.4) is 0 Å². The Bertz CT molecular complexity index is 733. The lowest BCUT2D eigenvalue weighted by Crippen LogP contribution is -2.36. The van der Waals surface area contributed by atoms with Crippen molar-refractivity contribution in [2.24, 2.45) is 10.7 Å². The number of nitrogens with two attached hydrogens (primary N) is 1. The predicted octanol–water partition coefficient (Wildman–Crippen LogP) is 2.67. The summed E-state index contributed by atoms with van der Waals surface area (Å²) in [6, 6.07) is 15.1. The molecule has 0 spiro atoms. The van der Waals surface area contributed by atoms with Crippen LogP contribution in [0.5, 0.6) is 5.75 Å². The number of guanidine groups is 1. The van der Waals surface area contributed by atoms with Crippen molar-refractivity contribution in [2.75, 3.05) is 13.7 Å². The van der Waals surface area contributed by atoms with Gasteiger partial charge in [0.1, 0.15) is 5.75 Å². The largest absolute Gasteiger partial charge is 0.497 e. The molecule has 0 saturated carbocycles. The molecule has 0 unspecified atom stereocenters. The Labute approximate surface area is 171 Å². The topological polar surface area (TPSA) is 88.7 Å². The van der Waals surface area contributed by atoms with Gasteiger partial charge in [0.15, 0.2) is 5.96 Å². The second kappa shape index (κ2) is 11.3. The minimum Gasteiger partial charge on any atom is -0.497 e. The van der Waals surface area contributed by atoms with E-state index in [1.807, 2.05) is 43.3 Å². The summed E-state index contributed by atoms with van der Waals surface area (Å²) in [6.45, 7) is 3.88. The third-order valence-corrected chi connectivity index (χ3v) is 3.59. The Kier molecular flexibility index (Phi) is 9.50. The summed E-state index contributed by atoms with van der Waals surface area (Å²) in [6.07, 6.45) is 0. The zero-order chi connectivity index (χ0) is 18.1. The Morgan fingerprint density at radius 3 is 2.46 bits per heavy atom. The summed E-state index contributed by atoms with van der Waals surface area (Å²) in [4.78, 5) is 15.8. The highest BCUT2D eigenvalue weighted by Crippen LogP contribution is 2.11. The minimum atomic E-state index is -0.435. The summed E-state index contributed by atoms with van der Waals surface area (Å²) in [5.74, 6) is 1.11. The molecule has 0 atom stereocenters. The number of nitrogens with one attached hydrogen (secondary N) is 2. The van der Waals surface area contributed by atoms with E-state index in [-0.39, 0.29) is 24.0 Å². The number of primary amides is 1. The number of aliphatic imine (C=N–C) groups is 1. The molecule has 7 heteroatoms. The van der Waals surface area contributed by atoms with E-state index in [0.717, 1.165) is 23.4 Å². The van der Waals surface area contributed by atoms with Crippen molar-refractivity contribution in [1.29, 1.82) is 0 Å². The highest BCUT2D eigenvalue weighted by atomic mass is 127. The number of carbonyl (C=O) groups is 1. The van der Waals surface area contributed by atoms with Gasteiger partial charge in [-0.3, -0.25) is 4.79 Å². The molecule has 6 nitrogen and oxygen atoms in total. The van der Waals surface area contributed by atoms with Crippen LogP contribution in [0.25, 0.3) is 0 Å². The highest BCUT2D eigenvalue weighted by molar-refractivity contribution is 14.0. The molecular weight excluding hydrogens is 443 g/mol. The van der Waals surface area contributed by atoms with Crippen molar-refractivity contribution >= 4 is 35.8 Å². The molecule has 0 saturated heterocycles. The molecular formula is C19H25IN4O2. The van der Waals surface area contributed by atoms with Gasteiger partial charge in [-0.2, -0.15) is 0 Å². The minimum absolute atomic E-state index is 0. The van der Waals surface area contributed by atoms with Crippen molar-refractivity contribution in [1.82, 2.24) is 10.6 Å². The molecule has 0 aliphatic heterocycles. The Hall–Kier alpha value is -2.29. The second-order valence-electron chi connectivity index (χ2n) is 5.46. The number of carbonyl (C=O) groups excluding carboxylic acids is 1. The fourth-order valence-corrected chi connectivity index (χ4v) is 2.26. The summed E-state index contributed by atoms with van der Waals surface area (Å²) < 4.78 is 5.16. The SMILES string of the molecule is CCNC(=NCc1cccc(C(N)=O)c1)NCc1ccc(OC)cc1.I.